The highest BCUT2D eigenvalue weighted by Gasteiger charge is 2.18. The van der Waals surface area contributed by atoms with Gasteiger partial charge in [-0.2, -0.15) is 0 Å². The van der Waals surface area contributed by atoms with Crippen LogP contribution in [-0.4, -0.2) is 62.8 Å². The predicted octanol–water partition coefficient (Wildman–Crippen LogP) is 3.57. The number of nitrogens with zero attached hydrogens (tertiary/aromatic N) is 3. The van der Waals surface area contributed by atoms with Gasteiger partial charge in [-0.25, -0.2) is 28.1 Å². The fourth-order valence-electron chi connectivity index (χ4n) is 3.71. The van der Waals surface area contributed by atoms with E-state index in [0.29, 0.717) is 41.9 Å². The Morgan fingerprint density at radius 1 is 1.07 bits per heavy atom. The zero-order valence-corrected chi connectivity index (χ0v) is 24.8. The van der Waals surface area contributed by atoms with Gasteiger partial charge in [0.15, 0.2) is 5.13 Å². The summed E-state index contributed by atoms with van der Waals surface area (Å²) in [5.74, 6) is 1.05. The van der Waals surface area contributed by atoms with Crippen molar-refractivity contribution < 1.29 is 17.9 Å². The van der Waals surface area contributed by atoms with Crippen LogP contribution in [0.2, 0.25) is 0 Å². The van der Waals surface area contributed by atoms with E-state index < -0.39 is 10.0 Å². The van der Waals surface area contributed by atoms with E-state index >= 15 is 0 Å². The highest BCUT2D eigenvalue weighted by Crippen LogP contribution is 2.28. The summed E-state index contributed by atoms with van der Waals surface area (Å²) in [7, 11) is -0.538. The first-order valence-electron chi connectivity index (χ1n) is 12.4. The Balaban J connectivity index is 1.39. The summed E-state index contributed by atoms with van der Waals surface area (Å²) in [5.41, 5.74) is 1.50. The van der Waals surface area contributed by atoms with E-state index in [1.165, 1.54) is 11.3 Å². The number of nitrogens with one attached hydrogen (secondary N) is 4. The first-order chi connectivity index (χ1) is 19.3. The van der Waals surface area contributed by atoms with E-state index in [2.05, 4.69) is 35.6 Å². The van der Waals surface area contributed by atoms with Crippen molar-refractivity contribution in [3.05, 3.63) is 60.4 Å². The molecule has 0 aliphatic carbocycles. The maximum absolute atomic E-state index is 12.9. The number of sulfonamides is 1. The molecule has 2 aromatic carbocycles. The highest BCUT2D eigenvalue weighted by molar-refractivity contribution is 7.98. The lowest BCUT2D eigenvalue weighted by molar-refractivity contribution is -0.121. The number of hydrogen-bond acceptors (Lipinski definition) is 11. The molecule has 11 nitrogen and oxygen atoms in total. The van der Waals surface area contributed by atoms with Gasteiger partial charge in [0.1, 0.15) is 5.75 Å². The molecule has 14 heteroatoms. The van der Waals surface area contributed by atoms with Crippen LogP contribution in [0, 0.1) is 5.92 Å². The van der Waals surface area contributed by atoms with Crippen LogP contribution in [0.4, 0.5) is 11.1 Å². The number of thiazole rings is 1. The predicted molar refractivity (Wildman–Crippen MR) is 160 cm³/mol. The maximum Gasteiger partial charge on any atom is 0.240 e. The number of aromatic nitrogens is 3. The van der Waals surface area contributed by atoms with Crippen LogP contribution >= 0.6 is 23.1 Å². The van der Waals surface area contributed by atoms with E-state index in [9.17, 15) is 13.2 Å². The Hall–Kier alpha value is -3.46. The van der Waals surface area contributed by atoms with E-state index in [4.69, 9.17) is 4.74 Å². The Bertz CT molecular complexity index is 1530. The summed E-state index contributed by atoms with van der Waals surface area (Å²) in [6, 6.07) is 12.1. The third-order valence-electron chi connectivity index (χ3n) is 6.00. The zero-order valence-electron chi connectivity index (χ0n) is 22.3. The molecule has 4 rings (SSSR count). The molecule has 1 atom stereocenters. The standard InChI is InChI=1S/C26H31N7O4S3/c1-27-24(34)10-18(12-28-25-29-15-20(38-3)16-30-25)13-31-26-33-22-9-8-21(11-23(22)39-26)40(35,36)32-14-17-4-6-19(37-2)7-5-17/h4-9,11,15-16,18,32H,10,12-14H2,1-3H3,(H,27,34)(H,31,33)(H,28,29,30). The fourth-order valence-corrected chi connectivity index (χ4v) is 6.06. The normalized spacial score (nSPS) is 12.2. The molecule has 0 saturated carbocycles. The van der Waals surface area contributed by atoms with Crippen molar-refractivity contribution in [2.75, 3.05) is 44.1 Å². The lowest BCUT2D eigenvalue weighted by atomic mass is 10.1. The van der Waals surface area contributed by atoms with Gasteiger partial charge in [-0.15, -0.1) is 11.8 Å². The third-order valence-corrected chi connectivity index (χ3v) is 9.06. The summed E-state index contributed by atoms with van der Waals surface area (Å²) in [6.45, 7) is 1.11. The maximum atomic E-state index is 12.9. The van der Waals surface area contributed by atoms with Crippen molar-refractivity contribution in [2.24, 2.45) is 5.92 Å². The fraction of sp³-hybridized carbons (Fsp3) is 0.308. The molecular weight excluding hydrogens is 571 g/mol. The van der Waals surface area contributed by atoms with Gasteiger partial charge in [0, 0.05) is 56.3 Å². The Morgan fingerprint density at radius 2 is 1.80 bits per heavy atom. The molecule has 2 aromatic heterocycles. The van der Waals surface area contributed by atoms with Gasteiger partial charge >= 0.3 is 0 Å². The number of benzene rings is 2. The van der Waals surface area contributed by atoms with Crippen LogP contribution < -0.4 is 25.4 Å². The SMILES string of the molecule is CNC(=O)CC(CNc1ncc(SC)cn1)CNc1nc2ccc(S(=O)(=O)NCc3ccc(OC)cc3)cc2s1. The quantitative estimate of drug-likeness (QED) is 0.158. The van der Waals surface area contributed by atoms with Crippen molar-refractivity contribution in [3.8, 4) is 5.75 Å². The number of hydrogen-bond donors (Lipinski definition) is 4. The second-order valence-corrected chi connectivity index (χ2v) is 12.5. The molecule has 212 valence electrons. The summed E-state index contributed by atoms with van der Waals surface area (Å²) < 4.78 is 34.4. The van der Waals surface area contributed by atoms with E-state index in [0.717, 1.165) is 15.2 Å². The molecule has 0 bridgehead atoms. The van der Waals surface area contributed by atoms with Crippen LogP contribution in [0.25, 0.3) is 10.2 Å². The molecule has 4 N–H and O–H groups in total. The van der Waals surface area contributed by atoms with Crippen molar-refractivity contribution in [1.82, 2.24) is 25.0 Å². The Kier molecular flexibility index (Phi) is 10.1. The molecule has 0 spiro atoms. The van der Waals surface area contributed by atoms with Crippen molar-refractivity contribution in [1.29, 1.82) is 0 Å². The summed E-state index contributed by atoms with van der Waals surface area (Å²) in [4.78, 5) is 26.4. The van der Waals surface area contributed by atoms with Crippen LogP contribution in [0.15, 0.2) is 64.6 Å². The van der Waals surface area contributed by atoms with Crippen molar-refractivity contribution in [3.63, 3.8) is 0 Å². The largest absolute Gasteiger partial charge is 0.497 e. The number of ether oxygens (including phenoxy) is 1. The number of carbonyl (C=O) groups is 1. The van der Waals surface area contributed by atoms with Crippen LogP contribution in [0.5, 0.6) is 5.75 Å². The minimum absolute atomic E-state index is 0.0751. The minimum Gasteiger partial charge on any atom is -0.497 e. The molecule has 0 fully saturated rings. The van der Waals surface area contributed by atoms with Crippen molar-refractivity contribution in [2.45, 2.75) is 22.8 Å². The van der Waals surface area contributed by atoms with Gasteiger partial charge in [0.05, 0.1) is 22.2 Å². The lowest BCUT2D eigenvalue weighted by Gasteiger charge is -2.17. The van der Waals surface area contributed by atoms with Crippen LogP contribution in [0.1, 0.15) is 12.0 Å². The summed E-state index contributed by atoms with van der Waals surface area (Å²) in [5, 5.41) is 9.80. The summed E-state index contributed by atoms with van der Waals surface area (Å²) >= 11 is 2.92. The molecule has 0 aliphatic heterocycles. The van der Waals surface area contributed by atoms with Crippen LogP contribution in [-0.2, 0) is 21.4 Å². The highest BCUT2D eigenvalue weighted by atomic mass is 32.2. The number of thioether (sulfide) groups is 1. The Morgan fingerprint density at radius 3 is 2.48 bits per heavy atom. The average Bonchev–Trinajstić information content (AvgIpc) is 3.40. The van der Waals surface area contributed by atoms with Gasteiger partial charge in [-0.05, 0) is 42.2 Å². The third kappa shape index (κ3) is 8.03. The molecule has 40 heavy (non-hydrogen) atoms. The number of fused-ring (bicyclic) bond motifs is 1. The van der Waals surface area contributed by atoms with E-state index in [1.807, 2.05) is 18.4 Å². The smallest absolute Gasteiger partial charge is 0.240 e. The molecule has 0 radical (unpaired) electrons. The van der Waals surface area contributed by atoms with E-state index in [-0.39, 0.29) is 23.3 Å². The number of carbonyl (C=O) groups excluding carboxylic acids is 1. The van der Waals surface area contributed by atoms with Gasteiger partial charge in [0.2, 0.25) is 21.9 Å². The first-order valence-corrected chi connectivity index (χ1v) is 15.9. The number of amides is 1. The average molecular weight is 602 g/mol. The molecule has 4 aromatic rings. The molecule has 1 unspecified atom stereocenters. The van der Waals surface area contributed by atoms with Gasteiger partial charge in [0.25, 0.3) is 0 Å². The molecular formula is C26H31N7O4S3. The first kappa shape index (κ1) is 29.5. The number of anilines is 2. The molecule has 0 saturated heterocycles. The molecule has 1 amide bonds. The van der Waals surface area contributed by atoms with Gasteiger partial charge < -0.3 is 20.7 Å². The lowest BCUT2D eigenvalue weighted by Crippen LogP contribution is -2.29. The summed E-state index contributed by atoms with van der Waals surface area (Å²) in [6.07, 6.45) is 5.75. The van der Waals surface area contributed by atoms with E-state index in [1.54, 1.807) is 68.6 Å². The monoisotopic (exact) mass is 601 g/mol. The van der Waals surface area contributed by atoms with Crippen LogP contribution in [0.3, 0.4) is 0 Å². The van der Waals surface area contributed by atoms with Gasteiger partial charge in [-0.3, -0.25) is 4.79 Å². The van der Waals surface area contributed by atoms with Gasteiger partial charge in [-0.1, -0.05) is 23.5 Å². The molecule has 2 heterocycles. The van der Waals surface area contributed by atoms with Crippen molar-refractivity contribution >= 4 is 60.3 Å². The topological polar surface area (TPSA) is 147 Å². The molecule has 0 aliphatic rings. The number of rotatable bonds is 14. The number of methoxy groups -OCH3 is 1. The second kappa shape index (κ2) is 13.7. The second-order valence-electron chi connectivity index (χ2n) is 8.77. The zero-order chi connectivity index (χ0) is 28.5. The minimum atomic E-state index is -3.73. The Labute approximate surface area is 241 Å².